The van der Waals surface area contributed by atoms with Crippen LogP contribution in [0.2, 0.25) is 0 Å². The fraction of sp³-hybridized carbons (Fsp3) is 0.350. The third-order valence-corrected chi connectivity index (χ3v) is 4.28. The molecule has 0 saturated carbocycles. The first-order valence-corrected chi connectivity index (χ1v) is 8.96. The first kappa shape index (κ1) is 25.6. The molecule has 0 aliphatic heterocycles. The summed E-state index contributed by atoms with van der Waals surface area (Å²) in [5.41, 5.74) is 1.42. The molecule has 0 aromatic heterocycles. The van der Waals surface area contributed by atoms with Crippen molar-refractivity contribution in [3.63, 3.8) is 0 Å². The van der Waals surface area contributed by atoms with Crippen LogP contribution in [0.4, 0.5) is 30.7 Å². The van der Waals surface area contributed by atoms with Crippen LogP contribution < -0.4 is 5.73 Å². The van der Waals surface area contributed by atoms with Crippen molar-refractivity contribution in [3.8, 4) is 0 Å². The normalized spacial score (nSPS) is 15.3. The Morgan fingerprint density at radius 2 is 1.47 bits per heavy atom. The fourth-order valence-electron chi connectivity index (χ4n) is 2.68. The summed E-state index contributed by atoms with van der Waals surface area (Å²) in [5, 5.41) is 10.5. The summed E-state index contributed by atoms with van der Waals surface area (Å²) in [7, 11) is 0. The molecule has 0 saturated heterocycles. The SMILES string of the molecule is C[C@@H](O[C@@H](OCC(N)=O)C(O)c1ccc(F)cc1)c1cc(C(F)(F)F)cc(C(F)(F)F)c1. The van der Waals surface area contributed by atoms with E-state index in [1.54, 1.807) is 0 Å². The van der Waals surface area contributed by atoms with E-state index < -0.39 is 65.9 Å². The fourth-order valence-corrected chi connectivity index (χ4v) is 2.68. The van der Waals surface area contributed by atoms with Gasteiger partial charge in [0.15, 0.2) is 6.29 Å². The lowest BCUT2D eigenvalue weighted by Gasteiger charge is -2.27. The predicted molar refractivity (Wildman–Crippen MR) is 96.2 cm³/mol. The number of alkyl halides is 6. The molecule has 176 valence electrons. The van der Waals surface area contributed by atoms with Gasteiger partial charge in [0.1, 0.15) is 18.5 Å². The lowest BCUT2D eigenvalue weighted by atomic mass is 10.0. The van der Waals surface area contributed by atoms with Gasteiger partial charge in [-0.2, -0.15) is 26.3 Å². The maximum absolute atomic E-state index is 13.1. The summed E-state index contributed by atoms with van der Waals surface area (Å²) in [5.74, 6) is -1.61. The van der Waals surface area contributed by atoms with E-state index in [-0.39, 0.29) is 11.6 Å². The van der Waals surface area contributed by atoms with Crippen molar-refractivity contribution >= 4 is 5.91 Å². The number of benzene rings is 2. The average Bonchev–Trinajstić information content (AvgIpc) is 2.69. The maximum atomic E-state index is 13.1. The van der Waals surface area contributed by atoms with Crippen LogP contribution in [0.5, 0.6) is 0 Å². The molecule has 1 unspecified atom stereocenters. The quantitative estimate of drug-likeness (QED) is 0.441. The lowest BCUT2D eigenvalue weighted by molar-refractivity contribution is -0.216. The highest BCUT2D eigenvalue weighted by molar-refractivity contribution is 5.75. The number of aliphatic hydroxyl groups excluding tert-OH is 1. The zero-order chi connectivity index (χ0) is 24.3. The number of hydrogen-bond acceptors (Lipinski definition) is 4. The first-order valence-electron chi connectivity index (χ1n) is 8.96. The minimum atomic E-state index is -5.06. The molecule has 0 aliphatic carbocycles. The van der Waals surface area contributed by atoms with Crippen LogP contribution in [-0.2, 0) is 26.6 Å². The van der Waals surface area contributed by atoms with Gasteiger partial charge in [0.2, 0.25) is 5.91 Å². The second-order valence-electron chi connectivity index (χ2n) is 6.76. The Balaban J connectivity index is 2.38. The number of ether oxygens (including phenoxy) is 2. The molecule has 0 aliphatic rings. The third-order valence-electron chi connectivity index (χ3n) is 4.28. The van der Waals surface area contributed by atoms with E-state index in [1.807, 2.05) is 0 Å². The Bertz CT molecular complexity index is 897. The highest BCUT2D eigenvalue weighted by atomic mass is 19.4. The van der Waals surface area contributed by atoms with E-state index in [1.165, 1.54) is 0 Å². The van der Waals surface area contributed by atoms with E-state index in [0.29, 0.717) is 12.1 Å². The van der Waals surface area contributed by atoms with Gasteiger partial charge in [0, 0.05) is 0 Å². The van der Waals surface area contributed by atoms with E-state index >= 15 is 0 Å². The van der Waals surface area contributed by atoms with Crippen LogP contribution in [0.1, 0.15) is 41.4 Å². The minimum Gasteiger partial charge on any atom is -0.383 e. The largest absolute Gasteiger partial charge is 0.416 e. The molecule has 2 aromatic rings. The summed E-state index contributed by atoms with van der Waals surface area (Å²) < 4.78 is 102. The van der Waals surface area contributed by atoms with Crippen molar-refractivity contribution in [2.75, 3.05) is 6.61 Å². The molecule has 0 heterocycles. The van der Waals surface area contributed by atoms with Crippen LogP contribution in [0.25, 0.3) is 0 Å². The van der Waals surface area contributed by atoms with Crippen LogP contribution in [-0.4, -0.2) is 23.9 Å². The van der Waals surface area contributed by atoms with Gasteiger partial charge in [0.05, 0.1) is 17.2 Å². The van der Waals surface area contributed by atoms with Gasteiger partial charge < -0.3 is 20.3 Å². The van der Waals surface area contributed by atoms with Crippen molar-refractivity contribution in [1.82, 2.24) is 0 Å². The summed E-state index contributed by atoms with van der Waals surface area (Å²) in [6.07, 6.45) is -15.0. The van der Waals surface area contributed by atoms with Gasteiger partial charge in [-0.25, -0.2) is 4.39 Å². The molecule has 2 rings (SSSR count). The molecular formula is C20H18F7NO4. The van der Waals surface area contributed by atoms with E-state index in [4.69, 9.17) is 15.2 Å². The molecule has 0 bridgehead atoms. The number of nitrogens with two attached hydrogens (primary N) is 1. The molecule has 3 atom stereocenters. The standard InChI is InChI=1S/C20H18F7NO4/c1-10(12-6-13(19(22,23)24)8-14(7-12)20(25,26)27)32-18(31-9-16(28)29)17(30)11-2-4-15(21)5-3-11/h2-8,10,17-18,30H,9H2,1H3,(H2,28,29)/t10-,17?,18-/m1/s1. The molecule has 3 N–H and O–H groups in total. The maximum Gasteiger partial charge on any atom is 0.416 e. The molecule has 2 aromatic carbocycles. The minimum absolute atomic E-state index is 0.0370. The van der Waals surface area contributed by atoms with Crippen molar-refractivity contribution in [2.45, 2.75) is 37.8 Å². The van der Waals surface area contributed by atoms with E-state index in [0.717, 1.165) is 31.2 Å². The Labute approximate surface area is 177 Å². The van der Waals surface area contributed by atoms with Gasteiger partial charge >= 0.3 is 12.4 Å². The van der Waals surface area contributed by atoms with Gasteiger partial charge in [0.25, 0.3) is 0 Å². The summed E-state index contributed by atoms with van der Waals surface area (Å²) in [4.78, 5) is 11.0. The van der Waals surface area contributed by atoms with Crippen LogP contribution in [0, 0.1) is 5.82 Å². The molecular weight excluding hydrogens is 451 g/mol. The second-order valence-corrected chi connectivity index (χ2v) is 6.76. The van der Waals surface area contributed by atoms with Gasteiger partial charge in [-0.1, -0.05) is 12.1 Å². The Hall–Kier alpha value is -2.70. The van der Waals surface area contributed by atoms with Gasteiger partial charge in [-0.05, 0) is 48.4 Å². The highest BCUT2D eigenvalue weighted by Crippen LogP contribution is 2.38. The summed E-state index contributed by atoms with van der Waals surface area (Å²) in [6, 6.07) is 5.20. The Kier molecular flexibility index (Phi) is 7.86. The molecule has 0 radical (unpaired) electrons. The molecule has 5 nitrogen and oxygen atoms in total. The average molecular weight is 469 g/mol. The van der Waals surface area contributed by atoms with E-state index in [2.05, 4.69) is 0 Å². The van der Waals surface area contributed by atoms with Gasteiger partial charge in [-0.3, -0.25) is 4.79 Å². The van der Waals surface area contributed by atoms with Gasteiger partial charge in [-0.15, -0.1) is 0 Å². The zero-order valence-electron chi connectivity index (χ0n) is 16.4. The number of carbonyl (C=O) groups is 1. The van der Waals surface area contributed by atoms with Crippen molar-refractivity contribution < 1.29 is 50.1 Å². The molecule has 0 fully saturated rings. The van der Waals surface area contributed by atoms with Crippen LogP contribution in [0.15, 0.2) is 42.5 Å². The zero-order valence-corrected chi connectivity index (χ0v) is 16.4. The Morgan fingerprint density at radius 1 is 0.969 bits per heavy atom. The van der Waals surface area contributed by atoms with Crippen molar-refractivity contribution in [3.05, 3.63) is 70.5 Å². The van der Waals surface area contributed by atoms with Crippen molar-refractivity contribution in [1.29, 1.82) is 0 Å². The Morgan fingerprint density at radius 3 is 1.91 bits per heavy atom. The van der Waals surface area contributed by atoms with Crippen LogP contribution in [0.3, 0.4) is 0 Å². The molecule has 32 heavy (non-hydrogen) atoms. The predicted octanol–water partition coefficient (Wildman–Crippen LogP) is 4.50. The monoisotopic (exact) mass is 469 g/mol. The van der Waals surface area contributed by atoms with E-state index in [9.17, 15) is 40.6 Å². The topological polar surface area (TPSA) is 81.8 Å². The second kappa shape index (κ2) is 9.84. The third kappa shape index (κ3) is 6.90. The lowest BCUT2D eigenvalue weighted by Crippen LogP contribution is -2.31. The number of aliphatic hydroxyl groups is 1. The molecule has 1 amide bonds. The first-order chi connectivity index (χ1) is 14.7. The molecule has 12 heteroatoms. The summed E-state index contributed by atoms with van der Waals surface area (Å²) >= 11 is 0. The number of amides is 1. The number of rotatable bonds is 8. The number of primary amides is 1. The van der Waals surface area contributed by atoms with Crippen molar-refractivity contribution in [2.24, 2.45) is 5.73 Å². The number of carbonyl (C=O) groups excluding carboxylic acids is 1. The highest BCUT2D eigenvalue weighted by Gasteiger charge is 2.38. The smallest absolute Gasteiger partial charge is 0.383 e. The van der Waals surface area contributed by atoms with Crippen LogP contribution >= 0.6 is 0 Å². The summed E-state index contributed by atoms with van der Waals surface area (Å²) in [6.45, 7) is 0.361. The number of hydrogen-bond donors (Lipinski definition) is 2. The molecule has 0 spiro atoms. The number of halogens is 7.